The highest BCUT2D eigenvalue weighted by Gasteiger charge is 2.40. The van der Waals surface area contributed by atoms with Crippen LogP contribution in [0.25, 0.3) is 0 Å². The molecule has 0 aromatic carbocycles. The third-order valence-electron chi connectivity index (χ3n) is 3.14. The summed E-state index contributed by atoms with van der Waals surface area (Å²) in [6, 6.07) is 1.51. The van der Waals surface area contributed by atoms with Crippen LogP contribution < -0.4 is 4.90 Å². The molecule has 2 nitrogen and oxygen atoms in total. The molecule has 0 spiro atoms. The second kappa shape index (κ2) is 2.85. The van der Waals surface area contributed by atoms with Gasteiger partial charge in [0.15, 0.2) is 5.13 Å². The fourth-order valence-corrected chi connectivity index (χ4v) is 3.63. The van der Waals surface area contributed by atoms with E-state index in [0.29, 0.717) is 0 Å². The number of nitrogens with zero attached hydrogens (tertiary/aromatic N) is 2. The molecular weight excluding hydrogens is 204 g/mol. The molecule has 0 amide bonds. The minimum Gasteiger partial charge on any atom is -0.342 e. The van der Waals surface area contributed by atoms with Gasteiger partial charge in [-0.15, -0.1) is 0 Å². The molecule has 1 aromatic rings. The molecule has 3 heterocycles. The Hall–Kier alpha value is -0.280. The summed E-state index contributed by atoms with van der Waals surface area (Å²) in [7, 11) is 0. The van der Waals surface area contributed by atoms with Crippen molar-refractivity contribution in [2.75, 3.05) is 4.90 Å². The smallest absolute Gasteiger partial charge is 0.187 e. The van der Waals surface area contributed by atoms with Gasteiger partial charge >= 0.3 is 0 Å². The van der Waals surface area contributed by atoms with E-state index in [2.05, 4.69) is 9.88 Å². The van der Waals surface area contributed by atoms with E-state index in [1.165, 1.54) is 25.7 Å². The van der Waals surface area contributed by atoms with Crippen LogP contribution in [0, 0.1) is 0 Å². The van der Waals surface area contributed by atoms with E-state index in [4.69, 9.17) is 11.6 Å². The first kappa shape index (κ1) is 8.06. The molecule has 0 atom stereocenters. The molecule has 0 N–H and O–H groups in total. The van der Waals surface area contributed by atoms with Crippen molar-refractivity contribution in [2.45, 2.75) is 37.8 Å². The van der Waals surface area contributed by atoms with E-state index in [9.17, 15) is 0 Å². The van der Waals surface area contributed by atoms with E-state index in [1.54, 1.807) is 17.5 Å². The number of hydrogen-bond acceptors (Lipinski definition) is 3. The molecule has 70 valence electrons. The van der Waals surface area contributed by atoms with Crippen LogP contribution in [-0.4, -0.2) is 17.1 Å². The van der Waals surface area contributed by atoms with Crippen molar-refractivity contribution in [3.05, 3.63) is 10.5 Å². The largest absolute Gasteiger partial charge is 0.342 e. The van der Waals surface area contributed by atoms with E-state index in [1.807, 2.05) is 0 Å². The lowest BCUT2D eigenvalue weighted by Gasteiger charge is -2.20. The molecule has 1 aromatic heterocycles. The molecule has 2 aliphatic rings. The highest BCUT2D eigenvalue weighted by atomic mass is 35.5. The Bertz CT molecular complexity index is 305. The maximum absolute atomic E-state index is 5.88. The first-order valence-corrected chi connectivity index (χ1v) is 5.94. The van der Waals surface area contributed by atoms with Crippen molar-refractivity contribution in [2.24, 2.45) is 0 Å². The van der Waals surface area contributed by atoms with Gasteiger partial charge in [-0.2, -0.15) is 0 Å². The van der Waals surface area contributed by atoms with Crippen LogP contribution in [0.15, 0.2) is 6.20 Å². The molecule has 2 saturated heterocycles. The normalized spacial score (nSPS) is 31.6. The molecule has 0 aliphatic carbocycles. The van der Waals surface area contributed by atoms with E-state index < -0.39 is 0 Å². The molecule has 2 bridgehead atoms. The average Bonchev–Trinajstić information content (AvgIpc) is 2.78. The minimum atomic E-state index is 0.757. The average molecular weight is 215 g/mol. The Morgan fingerprint density at radius 1 is 1.31 bits per heavy atom. The minimum absolute atomic E-state index is 0.757. The number of aromatic nitrogens is 1. The Labute approximate surface area is 86.5 Å². The Kier molecular flexibility index (Phi) is 1.77. The van der Waals surface area contributed by atoms with Crippen LogP contribution in [0.4, 0.5) is 5.13 Å². The zero-order valence-corrected chi connectivity index (χ0v) is 8.81. The van der Waals surface area contributed by atoms with E-state index >= 15 is 0 Å². The summed E-state index contributed by atoms with van der Waals surface area (Å²) in [5.41, 5.74) is 0. The van der Waals surface area contributed by atoms with Gasteiger partial charge in [0.1, 0.15) is 4.34 Å². The highest BCUT2D eigenvalue weighted by molar-refractivity contribution is 7.19. The van der Waals surface area contributed by atoms with Gasteiger partial charge in [-0.1, -0.05) is 22.9 Å². The van der Waals surface area contributed by atoms with Crippen LogP contribution >= 0.6 is 22.9 Å². The second-order valence-corrected chi connectivity index (χ2v) is 5.46. The van der Waals surface area contributed by atoms with Crippen LogP contribution in [0.5, 0.6) is 0 Å². The second-order valence-electron chi connectivity index (χ2n) is 3.82. The lowest BCUT2D eigenvalue weighted by Crippen LogP contribution is -2.27. The van der Waals surface area contributed by atoms with Crippen molar-refractivity contribution in [3.8, 4) is 0 Å². The summed E-state index contributed by atoms with van der Waals surface area (Å²) >= 11 is 7.50. The monoisotopic (exact) mass is 214 g/mol. The fraction of sp³-hybridized carbons (Fsp3) is 0.667. The first-order chi connectivity index (χ1) is 6.34. The third-order valence-corrected chi connectivity index (χ3v) is 4.27. The number of anilines is 1. The summed E-state index contributed by atoms with van der Waals surface area (Å²) in [5, 5.41) is 1.13. The molecule has 0 unspecified atom stereocenters. The summed E-state index contributed by atoms with van der Waals surface area (Å²) in [6.07, 6.45) is 7.16. The van der Waals surface area contributed by atoms with Gasteiger partial charge < -0.3 is 4.90 Å². The molecule has 13 heavy (non-hydrogen) atoms. The fourth-order valence-electron chi connectivity index (χ4n) is 2.59. The van der Waals surface area contributed by atoms with E-state index in [-0.39, 0.29) is 0 Å². The topological polar surface area (TPSA) is 16.1 Å². The van der Waals surface area contributed by atoms with Gasteiger partial charge in [0.05, 0.1) is 6.20 Å². The first-order valence-electron chi connectivity index (χ1n) is 4.74. The summed E-state index contributed by atoms with van der Waals surface area (Å²) in [6.45, 7) is 0. The molecule has 2 aliphatic heterocycles. The summed E-state index contributed by atoms with van der Waals surface area (Å²) in [4.78, 5) is 6.83. The van der Waals surface area contributed by atoms with Gasteiger partial charge in [0.25, 0.3) is 0 Å². The van der Waals surface area contributed by atoms with E-state index in [0.717, 1.165) is 21.6 Å². The molecular formula is C9H11ClN2S. The molecule has 0 radical (unpaired) electrons. The molecule has 0 saturated carbocycles. The maximum Gasteiger partial charge on any atom is 0.187 e. The number of fused-ring (bicyclic) bond motifs is 2. The van der Waals surface area contributed by atoms with Crippen LogP contribution in [-0.2, 0) is 0 Å². The Morgan fingerprint density at radius 2 is 1.92 bits per heavy atom. The van der Waals surface area contributed by atoms with Gasteiger partial charge in [0, 0.05) is 12.1 Å². The molecule has 3 rings (SSSR count). The SMILES string of the molecule is Clc1cnc(N2C3CCC2CC3)s1. The lowest BCUT2D eigenvalue weighted by molar-refractivity contribution is 0.576. The number of thiazole rings is 1. The number of hydrogen-bond donors (Lipinski definition) is 0. The highest BCUT2D eigenvalue weighted by Crippen LogP contribution is 2.42. The standard InChI is InChI=1S/C9H11ClN2S/c10-8-5-11-9(13-8)12-6-1-2-7(12)4-3-6/h5-7H,1-4H2. The van der Waals surface area contributed by atoms with Gasteiger partial charge in [0.2, 0.25) is 0 Å². The Balaban J connectivity index is 1.93. The zero-order chi connectivity index (χ0) is 8.84. The van der Waals surface area contributed by atoms with Crippen molar-refractivity contribution in [3.63, 3.8) is 0 Å². The van der Waals surface area contributed by atoms with Crippen LogP contribution in [0.1, 0.15) is 25.7 Å². The molecule has 4 heteroatoms. The van der Waals surface area contributed by atoms with Crippen molar-refractivity contribution >= 4 is 28.1 Å². The number of halogens is 1. The predicted octanol–water partition coefficient (Wildman–Crippen LogP) is 2.93. The number of rotatable bonds is 1. The van der Waals surface area contributed by atoms with Crippen molar-refractivity contribution in [1.29, 1.82) is 0 Å². The van der Waals surface area contributed by atoms with Gasteiger partial charge in [-0.25, -0.2) is 4.98 Å². The Morgan fingerprint density at radius 3 is 2.38 bits per heavy atom. The summed E-state index contributed by atoms with van der Waals surface area (Å²) in [5.74, 6) is 0. The van der Waals surface area contributed by atoms with Crippen molar-refractivity contribution in [1.82, 2.24) is 4.98 Å². The predicted molar refractivity (Wildman–Crippen MR) is 55.6 cm³/mol. The lowest BCUT2D eigenvalue weighted by atomic mass is 10.0. The van der Waals surface area contributed by atoms with Crippen molar-refractivity contribution < 1.29 is 0 Å². The van der Waals surface area contributed by atoms with Crippen LogP contribution in [0.3, 0.4) is 0 Å². The quantitative estimate of drug-likeness (QED) is 0.715. The van der Waals surface area contributed by atoms with Gasteiger partial charge in [-0.3, -0.25) is 0 Å². The van der Waals surface area contributed by atoms with Crippen LogP contribution in [0.2, 0.25) is 4.34 Å². The maximum atomic E-state index is 5.88. The third kappa shape index (κ3) is 1.17. The molecule has 2 fully saturated rings. The van der Waals surface area contributed by atoms with Gasteiger partial charge in [-0.05, 0) is 25.7 Å². The summed E-state index contributed by atoms with van der Waals surface area (Å²) < 4.78 is 0.807. The zero-order valence-electron chi connectivity index (χ0n) is 7.24.